The van der Waals surface area contributed by atoms with Gasteiger partial charge in [-0.1, -0.05) is 102 Å². The average Bonchev–Trinajstić information content (AvgIpc) is 2.75. The molecule has 0 aromatic heterocycles. The average molecular weight is 403 g/mol. The van der Waals surface area contributed by atoms with Crippen LogP contribution in [0, 0.1) is 0 Å². The number of benzene rings is 4. The van der Waals surface area contributed by atoms with E-state index in [1.807, 2.05) is 91.0 Å². The van der Waals surface area contributed by atoms with Gasteiger partial charge in [0.2, 0.25) is 0 Å². The fourth-order valence-corrected chi connectivity index (χ4v) is 4.46. The van der Waals surface area contributed by atoms with Gasteiger partial charge in [0.25, 0.3) is 0 Å². The minimum absolute atomic E-state index is 0.645. The van der Waals surface area contributed by atoms with Gasteiger partial charge in [-0.2, -0.15) is 0 Å². The summed E-state index contributed by atoms with van der Waals surface area (Å²) in [6, 6.07) is 35.4. The summed E-state index contributed by atoms with van der Waals surface area (Å²) in [5.74, 6) is 0. The lowest BCUT2D eigenvalue weighted by atomic mass is 9.80. The first kappa shape index (κ1) is 18.8. The molecule has 1 atom stereocenters. The quantitative estimate of drug-likeness (QED) is 0.371. The van der Waals surface area contributed by atoms with E-state index in [1.54, 1.807) is 11.8 Å². The van der Waals surface area contributed by atoms with Gasteiger partial charge in [-0.15, -0.1) is 0 Å². The molecule has 0 heterocycles. The van der Waals surface area contributed by atoms with E-state index in [0.29, 0.717) is 5.02 Å². The smallest absolute Gasteiger partial charge is 0.141 e. The fraction of sp³-hybridized carbons (Fsp3) is 0.0400. The van der Waals surface area contributed by atoms with Crippen LogP contribution < -0.4 is 0 Å². The second-order valence-electron chi connectivity index (χ2n) is 6.49. The van der Waals surface area contributed by atoms with Crippen LogP contribution in [0.3, 0.4) is 0 Å². The van der Waals surface area contributed by atoms with Crippen molar-refractivity contribution in [1.82, 2.24) is 0 Å². The third kappa shape index (κ3) is 3.72. The van der Waals surface area contributed by atoms with Crippen LogP contribution >= 0.6 is 23.4 Å². The zero-order valence-corrected chi connectivity index (χ0v) is 16.7. The second-order valence-corrected chi connectivity index (χ2v) is 8.05. The Balaban J connectivity index is 1.90. The third-order valence-corrected chi connectivity index (χ3v) is 6.04. The van der Waals surface area contributed by atoms with Crippen LogP contribution in [0.25, 0.3) is 0 Å². The predicted molar refractivity (Wildman–Crippen MR) is 117 cm³/mol. The van der Waals surface area contributed by atoms with Crippen molar-refractivity contribution in [1.29, 1.82) is 0 Å². The topological polar surface area (TPSA) is 20.2 Å². The molecule has 0 aliphatic heterocycles. The van der Waals surface area contributed by atoms with Crippen molar-refractivity contribution in [3.8, 4) is 0 Å². The second kappa shape index (κ2) is 8.24. The predicted octanol–water partition coefficient (Wildman–Crippen LogP) is 6.78. The highest BCUT2D eigenvalue weighted by Crippen LogP contribution is 2.43. The normalized spacial score (nSPS) is 13.1. The van der Waals surface area contributed by atoms with Gasteiger partial charge < -0.3 is 5.11 Å². The Hall–Kier alpha value is -2.52. The minimum atomic E-state index is -1.29. The van der Waals surface area contributed by atoms with E-state index >= 15 is 0 Å². The van der Waals surface area contributed by atoms with Gasteiger partial charge in [0.1, 0.15) is 5.60 Å². The van der Waals surface area contributed by atoms with Crippen LogP contribution in [-0.2, 0) is 5.60 Å². The summed E-state index contributed by atoms with van der Waals surface area (Å²) in [5.41, 5.74) is 1.16. The molecule has 28 heavy (non-hydrogen) atoms. The number of rotatable bonds is 5. The number of hydrogen-bond donors (Lipinski definition) is 1. The Bertz CT molecular complexity index is 1050. The summed E-state index contributed by atoms with van der Waals surface area (Å²) in [4.78, 5) is 2.14. The largest absolute Gasteiger partial charge is 0.376 e. The van der Waals surface area contributed by atoms with Gasteiger partial charge >= 0.3 is 0 Å². The van der Waals surface area contributed by atoms with E-state index in [9.17, 15) is 5.11 Å². The Morgan fingerprint density at radius 2 is 1.14 bits per heavy atom. The molecule has 0 bridgehead atoms. The Kier molecular flexibility index (Phi) is 5.54. The molecule has 0 spiro atoms. The summed E-state index contributed by atoms with van der Waals surface area (Å²) in [6.45, 7) is 0. The Morgan fingerprint density at radius 1 is 0.607 bits per heavy atom. The molecule has 0 fully saturated rings. The van der Waals surface area contributed by atoms with E-state index in [4.69, 9.17) is 11.6 Å². The standard InChI is InChI=1S/C25H19ClOS/c26-21-17-15-20(16-18-21)25(27,19-9-3-1-4-10-19)23-13-7-8-14-24(23)28-22-11-5-2-6-12-22/h1-18,27H. The molecular weight excluding hydrogens is 384 g/mol. The summed E-state index contributed by atoms with van der Waals surface area (Å²) in [6.07, 6.45) is 0. The maximum Gasteiger partial charge on any atom is 0.141 e. The lowest BCUT2D eigenvalue weighted by Gasteiger charge is -2.32. The zero-order chi connectivity index (χ0) is 19.4. The molecule has 0 aliphatic carbocycles. The first-order valence-electron chi connectivity index (χ1n) is 9.04. The molecule has 0 radical (unpaired) electrons. The first-order valence-corrected chi connectivity index (χ1v) is 10.2. The van der Waals surface area contributed by atoms with Gasteiger partial charge in [-0.25, -0.2) is 0 Å². The van der Waals surface area contributed by atoms with Crippen LogP contribution in [0.2, 0.25) is 5.02 Å². The number of halogens is 1. The van der Waals surface area contributed by atoms with E-state index in [-0.39, 0.29) is 0 Å². The van der Waals surface area contributed by atoms with Gasteiger partial charge in [0, 0.05) is 20.4 Å². The van der Waals surface area contributed by atoms with Crippen molar-refractivity contribution in [2.24, 2.45) is 0 Å². The maximum atomic E-state index is 12.1. The van der Waals surface area contributed by atoms with Gasteiger partial charge in [0.05, 0.1) is 0 Å². The molecule has 138 valence electrons. The van der Waals surface area contributed by atoms with Crippen molar-refractivity contribution in [2.75, 3.05) is 0 Å². The molecule has 0 saturated carbocycles. The minimum Gasteiger partial charge on any atom is -0.376 e. The molecule has 1 unspecified atom stereocenters. The highest BCUT2D eigenvalue weighted by molar-refractivity contribution is 7.99. The molecule has 0 amide bonds. The lowest BCUT2D eigenvalue weighted by Crippen LogP contribution is -2.29. The number of aliphatic hydroxyl groups is 1. The highest BCUT2D eigenvalue weighted by atomic mass is 35.5. The monoisotopic (exact) mass is 402 g/mol. The molecule has 4 aromatic rings. The lowest BCUT2D eigenvalue weighted by molar-refractivity contribution is 0.123. The van der Waals surface area contributed by atoms with Gasteiger partial charge in [-0.05, 0) is 41.5 Å². The van der Waals surface area contributed by atoms with Crippen molar-refractivity contribution >= 4 is 23.4 Å². The molecular formula is C25H19ClOS. The summed E-state index contributed by atoms with van der Waals surface area (Å²) in [7, 11) is 0. The van der Waals surface area contributed by atoms with Gasteiger partial charge in [-0.3, -0.25) is 0 Å². The third-order valence-electron chi connectivity index (χ3n) is 4.70. The van der Waals surface area contributed by atoms with Crippen LogP contribution in [0.1, 0.15) is 16.7 Å². The first-order chi connectivity index (χ1) is 13.7. The Labute approximate surface area is 174 Å². The zero-order valence-electron chi connectivity index (χ0n) is 15.1. The van der Waals surface area contributed by atoms with E-state index in [0.717, 1.165) is 26.5 Å². The SMILES string of the molecule is OC(c1ccccc1)(c1ccc(Cl)cc1)c1ccccc1Sc1ccccc1. The molecule has 1 N–H and O–H groups in total. The molecule has 3 heteroatoms. The van der Waals surface area contributed by atoms with Crippen molar-refractivity contribution in [3.05, 3.63) is 131 Å². The van der Waals surface area contributed by atoms with Gasteiger partial charge in [0.15, 0.2) is 0 Å². The molecule has 0 aliphatic rings. The fourth-order valence-electron chi connectivity index (χ4n) is 3.32. The summed E-state index contributed by atoms with van der Waals surface area (Å²) in [5, 5.41) is 12.8. The van der Waals surface area contributed by atoms with Crippen LogP contribution in [0.15, 0.2) is 119 Å². The van der Waals surface area contributed by atoms with Crippen LogP contribution in [0.5, 0.6) is 0 Å². The number of hydrogen-bond acceptors (Lipinski definition) is 2. The van der Waals surface area contributed by atoms with Crippen molar-refractivity contribution < 1.29 is 5.11 Å². The summed E-state index contributed by atoms with van der Waals surface area (Å²) < 4.78 is 0. The maximum absolute atomic E-state index is 12.1. The summed E-state index contributed by atoms with van der Waals surface area (Å²) >= 11 is 7.75. The van der Waals surface area contributed by atoms with Crippen LogP contribution in [0.4, 0.5) is 0 Å². The van der Waals surface area contributed by atoms with Crippen molar-refractivity contribution in [2.45, 2.75) is 15.4 Å². The molecule has 4 rings (SSSR count). The molecule has 0 saturated heterocycles. The molecule has 1 nitrogen and oxygen atoms in total. The Morgan fingerprint density at radius 3 is 1.82 bits per heavy atom. The van der Waals surface area contributed by atoms with Crippen molar-refractivity contribution in [3.63, 3.8) is 0 Å². The highest BCUT2D eigenvalue weighted by Gasteiger charge is 2.35. The molecule has 4 aromatic carbocycles. The van der Waals surface area contributed by atoms with Crippen LogP contribution in [-0.4, -0.2) is 5.11 Å². The van der Waals surface area contributed by atoms with E-state index in [1.165, 1.54) is 0 Å². The van der Waals surface area contributed by atoms with E-state index < -0.39 is 5.60 Å². The van der Waals surface area contributed by atoms with E-state index in [2.05, 4.69) is 18.2 Å².